The zero-order chi connectivity index (χ0) is 72.4. The number of hydrogen-bond acceptors (Lipinski definition) is 19. The summed E-state index contributed by atoms with van der Waals surface area (Å²) in [5.74, 6) is -9.91. The van der Waals surface area contributed by atoms with Crippen LogP contribution in [-0.2, 0) is 73.3 Å². The molecule has 1 aliphatic carbocycles. The lowest BCUT2D eigenvalue weighted by Gasteiger charge is -2.42. The number of esters is 1. The van der Waals surface area contributed by atoms with Gasteiger partial charge in [-0.1, -0.05) is 104 Å². The molecule has 98 heavy (non-hydrogen) atoms. The Morgan fingerprint density at radius 3 is 2.23 bits per heavy atom. The van der Waals surface area contributed by atoms with Crippen LogP contribution in [0, 0.1) is 47.3 Å². The lowest BCUT2D eigenvalue weighted by molar-refractivity contribution is -0.265. The Labute approximate surface area is 579 Å². The molecule has 10 N–H and O–H groups in total. The highest BCUT2D eigenvalue weighted by Crippen LogP contribution is 2.38. The number of amides is 6. The molecule has 25 nitrogen and oxygen atoms in total. The molecule has 17 atom stereocenters. The summed E-state index contributed by atoms with van der Waals surface area (Å²) in [6.45, 7) is 18.4. The van der Waals surface area contributed by atoms with Crippen LogP contribution in [0.3, 0.4) is 0 Å². The number of allylic oxidation sites excluding steroid dienone is 6. The van der Waals surface area contributed by atoms with Crippen molar-refractivity contribution in [1.82, 2.24) is 20.9 Å². The molecule has 0 radical (unpaired) electrons. The SMILES string of the molecule is CO[C@H]1C[C@@H]2CC[C@@H](C)[C@@](O)(O2)C(=O)C(=O)N2CCCC[C@H]2C(=O)O[C@H]([C@@H](C)C[C@H]2CC[C@@H](OCCOCNC(=O)OCc3ccc(NC(=O)[C@H](CCCNC(N)=O)NC(=O)[C@@H](N)C(C)C)cc3)[C@H](OC)C2)CC(=O)[C@H](C)/C=C(\C)[C@@H](O)[C@@H](C)C(=O)[C@H](C)C[C@H](C)/C=C/C=C/C=C/1C. The maximum Gasteiger partial charge on any atom is 0.409 e. The average Bonchev–Trinajstić information content (AvgIpc) is 0.774. The van der Waals surface area contributed by atoms with Crippen molar-refractivity contribution in [2.45, 2.75) is 226 Å². The van der Waals surface area contributed by atoms with Crippen LogP contribution >= 0.6 is 0 Å². The number of carbonyl (C=O) groups excluding carboxylic acids is 9. The third-order valence-electron chi connectivity index (χ3n) is 19.6. The Bertz CT molecular complexity index is 2940. The highest BCUT2D eigenvalue weighted by atomic mass is 16.6. The fourth-order valence-electron chi connectivity index (χ4n) is 13.3. The van der Waals surface area contributed by atoms with Crippen molar-refractivity contribution in [3.8, 4) is 0 Å². The first-order valence-corrected chi connectivity index (χ1v) is 35.0. The Balaban J connectivity index is 1.20. The summed E-state index contributed by atoms with van der Waals surface area (Å²) in [5, 5.41) is 34.1. The maximum absolute atomic E-state index is 14.7. The molecule has 3 aliphatic heterocycles. The fraction of sp³-hybridized carbons (Fsp3) is 0.685. The monoisotopic (exact) mass is 1380 g/mol. The number of nitrogens with zero attached hydrogens (tertiary/aromatic N) is 1. The molecule has 6 amide bonds. The number of benzene rings is 1. The van der Waals surface area contributed by atoms with Crippen LogP contribution in [-0.4, -0.2) is 176 Å². The van der Waals surface area contributed by atoms with Crippen molar-refractivity contribution in [3.05, 3.63) is 77.4 Å². The molecule has 1 aromatic carbocycles. The first-order chi connectivity index (χ1) is 46.5. The van der Waals surface area contributed by atoms with E-state index in [1.807, 2.05) is 58.1 Å². The molecule has 3 heterocycles. The largest absolute Gasteiger partial charge is 0.460 e. The molecule has 0 unspecified atom stereocenters. The van der Waals surface area contributed by atoms with E-state index in [1.165, 1.54) is 4.90 Å². The van der Waals surface area contributed by atoms with Gasteiger partial charge in [-0.15, -0.1) is 0 Å². The van der Waals surface area contributed by atoms with Gasteiger partial charge in [-0.2, -0.15) is 0 Å². The van der Waals surface area contributed by atoms with Crippen molar-refractivity contribution in [1.29, 1.82) is 0 Å². The van der Waals surface area contributed by atoms with Crippen LogP contribution in [0.15, 0.2) is 71.9 Å². The van der Waals surface area contributed by atoms with Gasteiger partial charge in [-0.05, 0) is 143 Å². The highest BCUT2D eigenvalue weighted by Gasteiger charge is 2.53. The van der Waals surface area contributed by atoms with Crippen molar-refractivity contribution in [3.63, 3.8) is 0 Å². The minimum atomic E-state index is -2.47. The van der Waals surface area contributed by atoms with Crippen LogP contribution in [0.4, 0.5) is 15.3 Å². The molecule has 2 saturated heterocycles. The van der Waals surface area contributed by atoms with E-state index < -0.39 is 114 Å². The number of carbonyl (C=O) groups is 9. The first kappa shape index (κ1) is 82.0. The van der Waals surface area contributed by atoms with Gasteiger partial charge in [0.2, 0.25) is 17.6 Å². The first-order valence-electron chi connectivity index (χ1n) is 35.0. The maximum atomic E-state index is 14.7. The van der Waals surface area contributed by atoms with Crippen LogP contribution in [0.1, 0.15) is 165 Å². The smallest absolute Gasteiger partial charge is 0.409 e. The molecule has 0 aromatic heterocycles. The zero-order valence-corrected chi connectivity index (χ0v) is 59.8. The number of fused-ring (bicyclic) bond motifs is 3. The van der Waals surface area contributed by atoms with Crippen molar-refractivity contribution in [2.75, 3.05) is 52.6 Å². The summed E-state index contributed by atoms with van der Waals surface area (Å²) in [6, 6.07) is 2.92. The number of primary amides is 1. The molecule has 25 heteroatoms. The minimum absolute atomic E-state index is 0.0367. The number of piperidine rings is 1. The number of ether oxygens (including phenoxy) is 7. The molecule has 5 rings (SSSR count). The fourth-order valence-corrected chi connectivity index (χ4v) is 13.3. The molecular formula is C73H113N7O18. The van der Waals surface area contributed by atoms with Crippen molar-refractivity contribution in [2.24, 2.45) is 58.8 Å². The summed E-state index contributed by atoms with van der Waals surface area (Å²) in [5.41, 5.74) is 13.5. The molecular weight excluding hydrogens is 1260 g/mol. The number of alkyl carbamates (subject to hydrolysis) is 1. The number of cyclic esters (lactones) is 1. The minimum Gasteiger partial charge on any atom is -0.460 e. The standard InChI is InChI=1S/C73H113N7O18/c1-43(2)63(74)68(86)79-56(21-18-31-76-71(75)89)67(85)78-54-27-24-52(25-28-54)41-96-72(90)77-42-94-33-34-95-59-30-26-53(38-62(59)93-12)37-47(6)61-40-58(81)46(5)36-49(8)65(83)51(10)64(82)48(7)35-44(3)19-14-13-15-20-45(4)60(92-11)39-55-29-23-50(9)73(91,98-55)66(84)69(87)80-32-17-16-22-57(80)70(88)97-61/h13-15,19-20,24-25,27-28,36,43-44,46-48,50-51,53,55-57,59-63,65,83,91H,16-18,21-23,26,29-35,37-42,74H2,1-12H3,(H,77,90)(H,78,85)(H,79,86)(H3,75,76,89)/b15-13+,19-14+,45-20+,49-36+/t44-,46-,47+,48-,50-,51+,53-,55+,56+,57+,59-,60+,61+,62-,63+,65-,73-/m1/s1. The van der Waals surface area contributed by atoms with E-state index in [9.17, 15) is 53.4 Å². The molecule has 0 spiro atoms. The number of aliphatic hydroxyl groups excluding tert-OH is 1. The van der Waals surface area contributed by atoms with E-state index in [1.54, 1.807) is 86.1 Å². The van der Waals surface area contributed by atoms with E-state index >= 15 is 0 Å². The quantitative estimate of drug-likeness (QED) is 0.0182. The summed E-state index contributed by atoms with van der Waals surface area (Å²) in [7, 11) is 3.18. The Morgan fingerprint density at radius 1 is 0.827 bits per heavy atom. The van der Waals surface area contributed by atoms with E-state index in [4.69, 9.17) is 44.6 Å². The van der Waals surface area contributed by atoms with Gasteiger partial charge in [0, 0.05) is 69.5 Å². The number of Topliss-reactive ketones (excluding diaryl/α,β-unsaturated/α-hetero) is 3. The number of anilines is 1. The van der Waals surface area contributed by atoms with E-state index in [-0.39, 0.29) is 106 Å². The Kier molecular flexibility index (Phi) is 33.9. The van der Waals surface area contributed by atoms with Crippen LogP contribution < -0.4 is 32.7 Å². The third-order valence-corrected chi connectivity index (χ3v) is 19.6. The Morgan fingerprint density at radius 2 is 1.55 bits per heavy atom. The van der Waals surface area contributed by atoms with Gasteiger partial charge in [0.25, 0.3) is 11.7 Å². The highest BCUT2D eigenvalue weighted by molar-refractivity contribution is 6.39. The van der Waals surface area contributed by atoms with Gasteiger partial charge in [0.1, 0.15) is 43.1 Å². The number of nitrogens with one attached hydrogen (secondary N) is 4. The van der Waals surface area contributed by atoms with E-state index in [0.29, 0.717) is 87.5 Å². The van der Waals surface area contributed by atoms with E-state index in [2.05, 4.69) is 21.3 Å². The normalized spacial score (nSPS) is 31.2. The number of urea groups is 1. The predicted octanol–water partition coefficient (Wildman–Crippen LogP) is 7.58. The number of methoxy groups -OCH3 is 2. The molecule has 1 aromatic rings. The van der Waals surface area contributed by atoms with Gasteiger partial charge < -0.3 is 75.7 Å². The number of hydrogen-bond donors (Lipinski definition) is 8. The van der Waals surface area contributed by atoms with Crippen LogP contribution in [0.2, 0.25) is 0 Å². The molecule has 4 aliphatic rings. The van der Waals surface area contributed by atoms with E-state index in [0.717, 1.165) is 5.57 Å². The predicted molar refractivity (Wildman–Crippen MR) is 368 cm³/mol. The summed E-state index contributed by atoms with van der Waals surface area (Å²) in [4.78, 5) is 123. The summed E-state index contributed by atoms with van der Waals surface area (Å²) >= 11 is 0. The topological polar surface area (TPSA) is 362 Å². The number of rotatable bonds is 22. The molecule has 3 fully saturated rings. The van der Waals surface area contributed by atoms with Gasteiger partial charge in [0.15, 0.2) is 0 Å². The second-order valence-electron chi connectivity index (χ2n) is 27.8. The van der Waals surface area contributed by atoms with Crippen molar-refractivity contribution >= 4 is 58.9 Å². The lowest BCUT2D eigenvalue weighted by atomic mass is 9.78. The molecule has 548 valence electrons. The van der Waals surface area contributed by atoms with Gasteiger partial charge in [-0.25, -0.2) is 14.4 Å². The number of ketones is 3. The second kappa shape index (κ2) is 40.5. The van der Waals surface area contributed by atoms with Gasteiger partial charge in [-0.3, -0.25) is 34.1 Å². The molecule has 2 bridgehead atoms. The van der Waals surface area contributed by atoms with Crippen LogP contribution in [0.25, 0.3) is 0 Å². The number of aliphatic hydroxyl groups is 2. The Hall–Kier alpha value is -6.71. The molecule has 1 saturated carbocycles. The van der Waals surface area contributed by atoms with Crippen molar-refractivity contribution < 1.29 is 86.5 Å². The number of nitrogens with two attached hydrogens (primary N) is 2. The van der Waals surface area contributed by atoms with Crippen LogP contribution in [0.5, 0.6) is 0 Å². The average molecular weight is 1380 g/mol. The van der Waals surface area contributed by atoms with Gasteiger partial charge >= 0.3 is 18.1 Å². The third kappa shape index (κ3) is 25.2. The summed E-state index contributed by atoms with van der Waals surface area (Å²) in [6.07, 6.45) is 12.4. The second-order valence-corrected chi connectivity index (χ2v) is 27.8. The summed E-state index contributed by atoms with van der Waals surface area (Å²) < 4.78 is 41.7. The lowest BCUT2D eigenvalue weighted by Crippen LogP contribution is -2.61. The zero-order valence-electron chi connectivity index (χ0n) is 59.8. The van der Waals surface area contributed by atoms with Gasteiger partial charge in [0.05, 0.1) is 49.8 Å².